The molecule has 0 aromatic rings. The number of nitrogens with two attached hydrogens (primary N) is 1. The molecule has 11 heavy (non-hydrogen) atoms. The van der Waals surface area contributed by atoms with Crippen LogP contribution in [0.5, 0.6) is 0 Å². The first-order valence-corrected chi connectivity index (χ1v) is 4.88. The maximum absolute atomic E-state index is 5.99. The third-order valence-corrected chi connectivity index (χ3v) is 2.85. The molecule has 0 unspecified atom stereocenters. The van der Waals surface area contributed by atoms with Crippen molar-refractivity contribution in [2.24, 2.45) is 5.73 Å². The zero-order chi connectivity index (χ0) is 7.68. The first kappa shape index (κ1) is 7.56. The van der Waals surface area contributed by atoms with Gasteiger partial charge in [-0.3, -0.25) is 0 Å². The van der Waals surface area contributed by atoms with Crippen LogP contribution in [-0.2, 0) is 0 Å². The number of hydrogen-bond acceptors (Lipinski definition) is 2. The molecule has 2 heteroatoms. The van der Waals surface area contributed by atoms with Crippen molar-refractivity contribution in [1.29, 1.82) is 0 Å². The molecule has 0 aromatic heterocycles. The molecule has 2 fully saturated rings. The van der Waals surface area contributed by atoms with Crippen molar-refractivity contribution in [3.05, 3.63) is 0 Å². The summed E-state index contributed by atoms with van der Waals surface area (Å²) in [7, 11) is 0. The van der Waals surface area contributed by atoms with Crippen molar-refractivity contribution in [2.75, 3.05) is 0 Å². The summed E-state index contributed by atoms with van der Waals surface area (Å²) in [5.41, 5.74) is 5.99. The molecular weight excluding hydrogens is 136 g/mol. The van der Waals surface area contributed by atoms with E-state index in [1.54, 1.807) is 0 Å². The summed E-state index contributed by atoms with van der Waals surface area (Å²) >= 11 is 0. The number of rotatable bonds is 2. The van der Waals surface area contributed by atoms with Gasteiger partial charge in [-0.1, -0.05) is 12.8 Å². The smallest absolute Gasteiger partial charge is 0.0221 e. The minimum Gasteiger partial charge on any atom is -0.326 e. The van der Waals surface area contributed by atoms with Crippen LogP contribution in [-0.4, -0.2) is 18.1 Å². The van der Waals surface area contributed by atoms with E-state index in [-0.39, 0.29) is 0 Å². The van der Waals surface area contributed by atoms with Crippen molar-refractivity contribution < 1.29 is 0 Å². The lowest BCUT2D eigenvalue weighted by molar-refractivity contribution is 0.326. The Kier molecular flexibility index (Phi) is 2.14. The summed E-state index contributed by atoms with van der Waals surface area (Å²) < 4.78 is 0. The fraction of sp³-hybridized carbons (Fsp3) is 1.00. The van der Waals surface area contributed by atoms with Crippen LogP contribution in [0.2, 0.25) is 0 Å². The Balaban J connectivity index is 1.78. The van der Waals surface area contributed by atoms with Crippen LogP contribution in [0.4, 0.5) is 0 Å². The molecule has 2 aliphatic carbocycles. The van der Waals surface area contributed by atoms with Crippen LogP contribution in [0, 0.1) is 0 Å². The zero-order valence-corrected chi connectivity index (χ0v) is 7.05. The van der Waals surface area contributed by atoms with Gasteiger partial charge in [0.15, 0.2) is 0 Å². The molecule has 0 saturated heterocycles. The zero-order valence-electron chi connectivity index (χ0n) is 7.05. The van der Waals surface area contributed by atoms with Crippen molar-refractivity contribution in [3.8, 4) is 0 Å². The molecule has 2 saturated carbocycles. The molecule has 2 atom stereocenters. The molecule has 0 aromatic carbocycles. The second-order valence-electron chi connectivity index (χ2n) is 4.00. The lowest BCUT2D eigenvalue weighted by atomic mass is 9.91. The van der Waals surface area contributed by atoms with E-state index in [1.807, 2.05) is 0 Å². The van der Waals surface area contributed by atoms with Crippen LogP contribution in [0.15, 0.2) is 0 Å². The molecule has 2 rings (SSSR count). The van der Waals surface area contributed by atoms with Gasteiger partial charge in [0, 0.05) is 18.1 Å². The van der Waals surface area contributed by atoms with Gasteiger partial charge < -0.3 is 11.1 Å². The summed E-state index contributed by atoms with van der Waals surface area (Å²) in [5, 5.41) is 3.62. The Hall–Kier alpha value is -0.0800. The van der Waals surface area contributed by atoms with E-state index >= 15 is 0 Å². The highest BCUT2D eigenvalue weighted by atomic mass is 15.0. The second-order valence-corrected chi connectivity index (χ2v) is 4.00. The summed E-state index contributed by atoms with van der Waals surface area (Å²) in [5.74, 6) is 0. The maximum atomic E-state index is 5.99. The molecule has 3 N–H and O–H groups in total. The summed E-state index contributed by atoms with van der Waals surface area (Å²) in [6, 6.07) is 1.89. The third-order valence-electron chi connectivity index (χ3n) is 2.85. The Morgan fingerprint density at radius 2 is 1.73 bits per heavy atom. The van der Waals surface area contributed by atoms with Crippen molar-refractivity contribution in [3.63, 3.8) is 0 Å². The average molecular weight is 154 g/mol. The third kappa shape index (κ3) is 1.94. The van der Waals surface area contributed by atoms with E-state index in [9.17, 15) is 0 Å². The molecule has 0 radical (unpaired) electrons. The highest BCUT2D eigenvalue weighted by Gasteiger charge is 2.28. The lowest BCUT2D eigenvalue weighted by Gasteiger charge is -2.29. The monoisotopic (exact) mass is 154 g/mol. The van der Waals surface area contributed by atoms with Gasteiger partial charge in [0.25, 0.3) is 0 Å². The standard InChI is InChI=1S/C9H18N2/c10-8-3-1-2-4-9(8)11-7-5-6-7/h7-9,11H,1-6,10H2/t8-,9-/m0/s1. The molecule has 64 valence electrons. The topological polar surface area (TPSA) is 38.0 Å². The first-order chi connectivity index (χ1) is 5.36. The predicted molar refractivity (Wildman–Crippen MR) is 46.4 cm³/mol. The van der Waals surface area contributed by atoms with E-state index in [1.165, 1.54) is 38.5 Å². The van der Waals surface area contributed by atoms with Crippen LogP contribution < -0.4 is 11.1 Å². The van der Waals surface area contributed by atoms with Gasteiger partial charge in [-0.05, 0) is 25.7 Å². The summed E-state index contributed by atoms with van der Waals surface area (Å²) in [6.07, 6.45) is 8.00. The quantitative estimate of drug-likeness (QED) is 0.623. The van der Waals surface area contributed by atoms with E-state index in [4.69, 9.17) is 5.73 Å². The second kappa shape index (κ2) is 3.11. The van der Waals surface area contributed by atoms with E-state index < -0.39 is 0 Å². The fourth-order valence-electron chi connectivity index (χ4n) is 1.92. The van der Waals surface area contributed by atoms with Gasteiger partial charge in [-0.15, -0.1) is 0 Å². The SMILES string of the molecule is N[C@H]1CCCC[C@@H]1NC1CC1. The van der Waals surface area contributed by atoms with Crippen molar-refractivity contribution in [2.45, 2.75) is 56.7 Å². The summed E-state index contributed by atoms with van der Waals surface area (Å²) in [6.45, 7) is 0. The van der Waals surface area contributed by atoms with Gasteiger partial charge in [0.2, 0.25) is 0 Å². The predicted octanol–water partition coefficient (Wildman–Crippen LogP) is 1.01. The Morgan fingerprint density at radius 1 is 1.00 bits per heavy atom. The normalized spacial score (nSPS) is 39.0. The van der Waals surface area contributed by atoms with Crippen molar-refractivity contribution >= 4 is 0 Å². The molecule has 2 aliphatic rings. The van der Waals surface area contributed by atoms with E-state index in [0.29, 0.717) is 12.1 Å². The maximum Gasteiger partial charge on any atom is 0.0221 e. The van der Waals surface area contributed by atoms with Crippen LogP contribution in [0.3, 0.4) is 0 Å². The lowest BCUT2D eigenvalue weighted by Crippen LogP contribution is -2.47. The van der Waals surface area contributed by atoms with E-state index in [2.05, 4.69) is 5.32 Å². The van der Waals surface area contributed by atoms with Crippen molar-refractivity contribution in [1.82, 2.24) is 5.32 Å². The Labute approximate surface area is 68.5 Å². The number of nitrogens with one attached hydrogen (secondary N) is 1. The highest BCUT2D eigenvalue weighted by Crippen LogP contribution is 2.24. The van der Waals surface area contributed by atoms with Gasteiger partial charge in [-0.25, -0.2) is 0 Å². The van der Waals surface area contributed by atoms with Crippen LogP contribution >= 0.6 is 0 Å². The number of hydrogen-bond donors (Lipinski definition) is 2. The fourth-order valence-corrected chi connectivity index (χ4v) is 1.92. The average Bonchev–Trinajstić information content (AvgIpc) is 2.78. The van der Waals surface area contributed by atoms with Crippen LogP contribution in [0.1, 0.15) is 38.5 Å². The van der Waals surface area contributed by atoms with Gasteiger partial charge >= 0.3 is 0 Å². The molecule has 0 aliphatic heterocycles. The highest BCUT2D eigenvalue weighted by molar-refractivity contribution is 4.90. The minimum atomic E-state index is 0.435. The molecule has 0 amide bonds. The van der Waals surface area contributed by atoms with E-state index in [0.717, 1.165) is 6.04 Å². The molecule has 0 spiro atoms. The largest absolute Gasteiger partial charge is 0.326 e. The molecule has 0 heterocycles. The minimum absolute atomic E-state index is 0.435. The van der Waals surface area contributed by atoms with Gasteiger partial charge in [0.1, 0.15) is 0 Å². The Morgan fingerprint density at radius 3 is 2.36 bits per heavy atom. The van der Waals surface area contributed by atoms with Gasteiger partial charge in [0.05, 0.1) is 0 Å². The summed E-state index contributed by atoms with van der Waals surface area (Å²) in [4.78, 5) is 0. The molecular formula is C9H18N2. The molecule has 2 nitrogen and oxygen atoms in total. The first-order valence-electron chi connectivity index (χ1n) is 4.88. The molecule has 0 bridgehead atoms. The van der Waals surface area contributed by atoms with Crippen LogP contribution in [0.25, 0.3) is 0 Å². The Bertz CT molecular complexity index is 132. The van der Waals surface area contributed by atoms with Gasteiger partial charge in [-0.2, -0.15) is 0 Å².